The molecule has 0 aliphatic rings. The van der Waals surface area contributed by atoms with E-state index in [1.54, 1.807) is 0 Å². The summed E-state index contributed by atoms with van der Waals surface area (Å²) < 4.78 is 22.3. The molecule has 0 bridgehead atoms. The highest BCUT2D eigenvalue weighted by Crippen LogP contribution is 2.20. The molecule has 50 heavy (non-hydrogen) atoms. The highest BCUT2D eigenvalue weighted by molar-refractivity contribution is 6.60. The summed E-state index contributed by atoms with van der Waals surface area (Å²) in [5.74, 6) is 0. The molecule has 2 aromatic rings. The predicted octanol–water partition coefficient (Wildman–Crippen LogP) is 7.32. The van der Waals surface area contributed by atoms with Crippen molar-refractivity contribution in [3.05, 3.63) is 23.8 Å². The average Bonchev–Trinajstić information content (AvgIpc) is 3.75. The normalized spacial score (nSPS) is 12.1. The molecule has 12 nitrogen and oxygen atoms in total. The van der Waals surface area contributed by atoms with Gasteiger partial charge in [-0.3, -0.25) is 14.3 Å². The van der Waals surface area contributed by atoms with Crippen LogP contribution in [-0.4, -0.2) is 93.5 Å². The minimum absolute atomic E-state index is 0.319. The van der Waals surface area contributed by atoms with Gasteiger partial charge < -0.3 is 23.5 Å². The summed E-state index contributed by atoms with van der Waals surface area (Å²) in [5, 5.41) is 35.8. The smallest absolute Gasteiger partial charge is 0.396 e. The molecule has 0 amide bonds. The summed E-state index contributed by atoms with van der Waals surface area (Å²) >= 11 is 0. The Balaban J connectivity index is 1.86. The Labute approximate surface area is 305 Å². The lowest BCUT2D eigenvalue weighted by molar-refractivity contribution is 0.0697. The first-order chi connectivity index (χ1) is 24.6. The fourth-order valence-electron chi connectivity index (χ4n) is 6.48. The highest BCUT2D eigenvalue weighted by atomic mass is 28.4. The van der Waals surface area contributed by atoms with Crippen LogP contribution in [0.3, 0.4) is 0 Å². The summed E-state index contributed by atoms with van der Waals surface area (Å²) in [6.07, 6.45) is 26.6. The van der Waals surface area contributed by atoms with E-state index >= 15 is 0 Å². The van der Waals surface area contributed by atoms with Gasteiger partial charge in [-0.2, -0.15) is 0 Å². The number of unbranched alkanes of at least 4 members (excludes halogenated alkanes) is 16. The van der Waals surface area contributed by atoms with Gasteiger partial charge >= 0.3 is 8.80 Å². The number of aliphatic hydroxyl groups is 2. The van der Waals surface area contributed by atoms with Crippen LogP contribution < -0.4 is 0 Å². The number of aryl methyl sites for hydroxylation is 2. The van der Waals surface area contributed by atoms with Crippen molar-refractivity contribution in [3.63, 3.8) is 0 Å². The van der Waals surface area contributed by atoms with Crippen LogP contribution in [0, 0.1) is 0 Å². The molecule has 0 atom stereocenters. The molecule has 2 N–H and O–H groups in total. The summed E-state index contributed by atoms with van der Waals surface area (Å²) in [6.45, 7) is 12.4. The molecule has 0 fully saturated rings. The number of hydrogen-bond donors (Lipinski definition) is 2. The maximum absolute atomic E-state index is 8.91. The lowest BCUT2D eigenvalue weighted by Crippen LogP contribution is -2.46. The van der Waals surface area contributed by atoms with Crippen LogP contribution in [0.25, 0.3) is 0 Å². The minimum Gasteiger partial charge on any atom is -0.396 e. The molecule has 0 aliphatic heterocycles. The van der Waals surface area contributed by atoms with E-state index in [1.165, 1.54) is 77.0 Å². The maximum Gasteiger partial charge on any atom is 0.500 e. The van der Waals surface area contributed by atoms with Gasteiger partial charge in [0.2, 0.25) is 0 Å². The third-order valence-corrected chi connectivity index (χ3v) is 12.2. The van der Waals surface area contributed by atoms with Crippen LogP contribution in [0.5, 0.6) is 0 Å². The number of rotatable bonds is 36. The molecule has 0 saturated carbocycles. The summed E-state index contributed by atoms with van der Waals surface area (Å²) in [7, 11) is -2.72. The summed E-state index contributed by atoms with van der Waals surface area (Å²) in [4.78, 5) is 2.38. The molecule has 0 spiro atoms. The second-order valence-electron chi connectivity index (χ2n) is 13.6. The Morgan fingerprint density at radius 2 is 0.900 bits per heavy atom. The van der Waals surface area contributed by atoms with Crippen molar-refractivity contribution < 1.29 is 23.5 Å². The van der Waals surface area contributed by atoms with Crippen molar-refractivity contribution in [3.8, 4) is 0 Å². The Morgan fingerprint density at radius 1 is 0.540 bits per heavy atom. The first-order valence-electron chi connectivity index (χ1n) is 20.2. The van der Waals surface area contributed by atoms with Crippen LogP contribution in [0.15, 0.2) is 12.4 Å². The quantitative estimate of drug-likeness (QED) is 0.0545. The zero-order chi connectivity index (χ0) is 36.0. The van der Waals surface area contributed by atoms with E-state index in [9.17, 15) is 0 Å². The molecule has 290 valence electrons. The van der Waals surface area contributed by atoms with E-state index in [-0.39, 0.29) is 0 Å². The number of aliphatic hydroxyl groups excluding tert-OH is 2. The van der Waals surface area contributed by atoms with Crippen molar-refractivity contribution in [2.75, 3.05) is 39.6 Å². The van der Waals surface area contributed by atoms with Gasteiger partial charge in [-0.1, -0.05) is 100 Å². The lowest BCUT2D eigenvalue weighted by Gasteiger charge is -2.29. The Bertz CT molecular complexity index is 962. The SMILES string of the molecule is CCO[Si](CCCN(Cc1cn(CCCCCCCCCCCO)nn1)Cc1cn(CCCCCCCCCCCO)nn1)(OCC)OCC. The van der Waals surface area contributed by atoms with E-state index in [2.05, 4.69) is 37.9 Å². The van der Waals surface area contributed by atoms with Crippen molar-refractivity contribution in [2.45, 2.75) is 175 Å². The van der Waals surface area contributed by atoms with Gasteiger partial charge in [0.1, 0.15) is 0 Å². The first kappa shape index (κ1) is 44.4. The molecule has 2 aromatic heterocycles. The van der Waals surface area contributed by atoms with Crippen molar-refractivity contribution in [1.82, 2.24) is 34.9 Å². The number of hydrogen-bond acceptors (Lipinski definition) is 10. The first-order valence-corrected chi connectivity index (χ1v) is 22.1. The molecular weight excluding hydrogens is 651 g/mol. The topological polar surface area (TPSA) is 133 Å². The van der Waals surface area contributed by atoms with Gasteiger partial charge in [0.25, 0.3) is 0 Å². The maximum atomic E-state index is 8.91. The van der Waals surface area contributed by atoms with E-state index in [0.717, 1.165) is 82.0 Å². The van der Waals surface area contributed by atoms with E-state index in [0.29, 0.717) is 46.1 Å². The predicted molar refractivity (Wildman–Crippen MR) is 201 cm³/mol. The standard InChI is InChI=1S/C37H73N7O5Si/c1-4-47-50(48-5-2,49-6-3)31-25-26-42(32-36-34-43(40-38-36)27-21-17-13-9-7-11-15-19-23-29-45)33-37-35-44(41-39-37)28-22-18-14-10-8-12-16-20-24-30-46/h34-35,45-46H,4-33H2,1-3H3. The van der Waals surface area contributed by atoms with E-state index < -0.39 is 8.80 Å². The van der Waals surface area contributed by atoms with Gasteiger partial charge in [0.05, 0.1) is 11.4 Å². The molecule has 13 heteroatoms. The lowest BCUT2D eigenvalue weighted by atomic mass is 10.1. The average molecular weight is 724 g/mol. The summed E-state index contributed by atoms with van der Waals surface area (Å²) in [6, 6.07) is 0.768. The molecule has 2 rings (SSSR count). The van der Waals surface area contributed by atoms with Crippen molar-refractivity contribution in [2.24, 2.45) is 0 Å². The zero-order valence-corrected chi connectivity index (χ0v) is 33.1. The van der Waals surface area contributed by atoms with Gasteiger partial charge in [-0.25, -0.2) is 0 Å². The van der Waals surface area contributed by atoms with Crippen molar-refractivity contribution in [1.29, 1.82) is 0 Å². The zero-order valence-electron chi connectivity index (χ0n) is 32.1. The molecule has 0 radical (unpaired) electrons. The Kier molecular flexibility index (Phi) is 26.5. The number of aromatic nitrogens is 6. The van der Waals surface area contributed by atoms with Gasteiger partial charge in [0, 0.05) is 77.7 Å². The van der Waals surface area contributed by atoms with Gasteiger partial charge in [-0.15, -0.1) is 10.2 Å². The Morgan fingerprint density at radius 3 is 1.26 bits per heavy atom. The van der Waals surface area contributed by atoms with Gasteiger partial charge in [-0.05, 0) is 59.4 Å². The highest BCUT2D eigenvalue weighted by Gasteiger charge is 2.39. The van der Waals surface area contributed by atoms with Crippen LogP contribution in [0.1, 0.15) is 154 Å². The molecule has 0 aliphatic carbocycles. The second kappa shape index (κ2) is 29.8. The minimum atomic E-state index is -2.72. The molecule has 0 unspecified atom stereocenters. The molecular formula is C37H73N7O5Si. The molecule has 0 saturated heterocycles. The fourth-order valence-corrected chi connectivity index (χ4v) is 9.07. The molecule has 2 heterocycles. The number of nitrogens with zero attached hydrogens (tertiary/aromatic N) is 7. The van der Waals surface area contributed by atoms with Crippen LogP contribution in [0.4, 0.5) is 0 Å². The van der Waals surface area contributed by atoms with Crippen molar-refractivity contribution >= 4 is 8.80 Å². The largest absolute Gasteiger partial charge is 0.500 e. The Hall–Kier alpha value is -1.74. The molecule has 0 aromatic carbocycles. The van der Waals surface area contributed by atoms with E-state index in [4.69, 9.17) is 23.5 Å². The summed E-state index contributed by atoms with van der Waals surface area (Å²) in [5.41, 5.74) is 1.94. The van der Waals surface area contributed by atoms with Gasteiger partial charge in [0.15, 0.2) is 0 Å². The van der Waals surface area contributed by atoms with Crippen LogP contribution in [0.2, 0.25) is 6.04 Å². The van der Waals surface area contributed by atoms with Crippen LogP contribution in [-0.2, 0) is 39.5 Å². The van der Waals surface area contributed by atoms with E-state index in [1.807, 2.05) is 30.1 Å². The third kappa shape index (κ3) is 20.9. The fraction of sp³-hybridized carbons (Fsp3) is 0.892. The third-order valence-electron chi connectivity index (χ3n) is 9.08. The van der Waals surface area contributed by atoms with Crippen LogP contribution >= 0.6 is 0 Å². The monoisotopic (exact) mass is 724 g/mol. The second-order valence-corrected chi connectivity index (χ2v) is 16.3.